The maximum absolute atomic E-state index is 10.1. The van der Waals surface area contributed by atoms with Gasteiger partial charge in [0.1, 0.15) is 0 Å². The molecule has 2 unspecified atom stereocenters. The van der Waals surface area contributed by atoms with Gasteiger partial charge in [-0.3, -0.25) is 0 Å². The van der Waals surface area contributed by atoms with Gasteiger partial charge >= 0.3 is 0 Å². The fourth-order valence-electron chi connectivity index (χ4n) is 3.35. The first-order valence-electron chi connectivity index (χ1n) is 7.51. The van der Waals surface area contributed by atoms with Crippen molar-refractivity contribution in [3.05, 3.63) is 0 Å². The van der Waals surface area contributed by atoms with Crippen LogP contribution in [0.15, 0.2) is 0 Å². The third kappa shape index (κ3) is 3.96. The van der Waals surface area contributed by atoms with Crippen LogP contribution in [-0.2, 0) is 0 Å². The first-order chi connectivity index (χ1) is 8.07. The van der Waals surface area contributed by atoms with Crippen LogP contribution in [0.2, 0.25) is 0 Å². The monoisotopic (exact) mass is 239 g/mol. The van der Waals surface area contributed by atoms with Crippen LogP contribution in [-0.4, -0.2) is 23.3 Å². The molecule has 2 heteroatoms. The highest BCUT2D eigenvalue weighted by Crippen LogP contribution is 2.35. The predicted molar refractivity (Wildman–Crippen MR) is 72.1 cm³/mol. The molecule has 0 radical (unpaired) electrons. The Balaban J connectivity index is 1.80. The molecule has 0 aromatic rings. The van der Waals surface area contributed by atoms with E-state index in [1.54, 1.807) is 0 Å². The zero-order valence-corrected chi connectivity index (χ0v) is 11.5. The van der Waals surface area contributed by atoms with E-state index in [9.17, 15) is 5.11 Å². The molecular formula is C15H29NO. The molecule has 0 amide bonds. The molecule has 100 valence electrons. The van der Waals surface area contributed by atoms with Gasteiger partial charge in [0.2, 0.25) is 0 Å². The average molecular weight is 239 g/mol. The third-order valence-corrected chi connectivity index (χ3v) is 4.77. The van der Waals surface area contributed by atoms with Gasteiger partial charge < -0.3 is 10.4 Å². The fourth-order valence-corrected chi connectivity index (χ4v) is 3.35. The van der Waals surface area contributed by atoms with Gasteiger partial charge in [0.15, 0.2) is 0 Å². The Morgan fingerprint density at radius 1 is 0.941 bits per heavy atom. The number of aliphatic hydroxyl groups excluding tert-OH is 1. The topological polar surface area (TPSA) is 32.3 Å². The Morgan fingerprint density at radius 2 is 1.59 bits per heavy atom. The highest BCUT2D eigenvalue weighted by Gasteiger charge is 2.30. The normalized spacial score (nSPS) is 35.5. The largest absolute Gasteiger partial charge is 0.392 e. The molecular weight excluding hydrogens is 210 g/mol. The van der Waals surface area contributed by atoms with Crippen LogP contribution in [0.5, 0.6) is 0 Å². The van der Waals surface area contributed by atoms with Crippen LogP contribution in [0.4, 0.5) is 0 Å². The molecule has 0 bridgehead atoms. The number of hydrogen-bond donors (Lipinski definition) is 2. The molecule has 0 spiro atoms. The van der Waals surface area contributed by atoms with Crippen molar-refractivity contribution >= 4 is 0 Å². The minimum Gasteiger partial charge on any atom is -0.392 e. The van der Waals surface area contributed by atoms with E-state index in [0.717, 1.165) is 6.42 Å². The van der Waals surface area contributed by atoms with Crippen molar-refractivity contribution in [3.8, 4) is 0 Å². The van der Waals surface area contributed by atoms with Gasteiger partial charge in [-0.25, -0.2) is 0 Å². The Bertz CT molecular complexity index is 229. The van der Waals surface area contributed by atoms with Gasteiger partial charge in [-0.05, 0) is 43.9 Å². The lowest BCUT2D eigenvalue weighted by molar-refractivity contribution is 0.102. The fraction of sp³-hybridized carbons (Fsp3) is 1.00. The molecule has 17 heavy (non-hydrogen) atoms. The first kappa shape index (κ1) is 13.4. The van der Waals surface area contributed by atoms with Crippen molar-refractivity contribution in [1.82, 2.24) is 5.32 Å². The SMILES string of the molecule is CC1(C)CCC(NC2CCCCCC2O)CC1. The summed E-state index contributed by atoms with van der Waals surface area (Å²) in [6, 6.07) is 1.02. The summed E-state index contributed by atoms with van der Waals surface area (Å²) in [4.78, 5) is 0. The number of hydrogen-bond acceptors (Lipinski definition) is 2. The molecule has 0 saturated heterocycles. The maximum atomic E-state index is 10.1. The minimum absolute atomic E-state index is 0.104. The van der Waals surface area contributed by atoms with Crippen molar-refractivity contribution in [2.75, 3.05) is 0 Å². The van der Waals surface area contributed by atoms with Crippen LogP contribution >= 0.6 is 0 Å². The Labute approximate surface area is 106 Å². The average Bonchev–Trinajstić information content (AvgIpc) is 2.47. The van der Waals surface area contributed by atoms with Gasteiger partial charge in [-0.1, -0.05) is 33.1 Å². The van der Waals surface area contributed by atoms with Crippen molar-refractivity contribution in [2.45, 2.75) is 89.8 Å². The van der Waals surface area contributed by atoms with Crippen molar-refractivity contribution < 1.29 is 5.11 Å². The van der Waals surface area contributed by atoms with Gasteiger partial charge in [0, 0.05) is 12.1 Å². The number of aliphatic hydroxyl groups is 1. The minimum atomic E-state index is -0.104. The Hall–Kier alpha value is -0.0800. The number of nitrogens with one attached hydrogen (secondary N) is 1. The summed E-state index contributed by atoms with van der Waals surface area (Å²) in [6.07, 6.45) is 11.1. The van der Waals surface area contributed by atoms with Crippen molar-refractivity contribution in [3.63, 3.8) is 0 Å². The summed E-state index contributed by atoms with van der Waals surface area (Å²) in [6.45, 7) is 4.76. The zero-order valence-electron chi connectivity index (χ0n) is 11.5. The molecule has 2 aliphatic carbocycles. The summed E-state index contributed by atoms with van der Waals surface area (Å²) in [5.41, 5.74) is 0.542. The van der Waals surface area contributed by atoms with Crippen LogP contribution in [0.25, 0.3) is 0 Å². The van der Waals surface area contributed by atoms with Crippen LogP contribution in [0.1, 0.15) is 71.6 Å². The van der Waals surface area contributed by atoms with Crippen molar-refractivity contribution in [2.24, 2.45) is 5.41 Å². The molecule has 2 aliphatic rings. The van der Waals surface area contributed by atoms with E-state index < -0.39 is 0 Å². The smallest absolute Gasteiger partial charge is 0.0693 e. The lowest BCUT2D eigenvalue weighted by Gasteiger charge is -2.37. The van der Waals surface area contributed by atoms with Gasteiger partial charge in [-0.15, -0.1) is 0 Å². The second-order valence-corrected chi connectivity index (χ2v) is 6.92. The summed E-state index contributed by atoms with van der Waals surface area (Å²) < 4.78 is 0. The Morgan fingerprint density at radius 3 is 2.29 bits per heavy atom. The second kappa shape index (κ2) is 5.71. The molecule has 2 fully saturated rings. The van der Waals surface area contributed by atoms with E-state index in [1.807, 2.05) is 0 Å². The molecule has 2 N–H and O–H groups in total. The standard InChI is InChI=1S/C15H29NO/c1-15(2)10-8-12(9-11-15)16-13-6-4-3-5-7-14(13)17/h12-14,16-17H,3-11H2,1-2H3. The lowest BCUT2D eigenvalue weighted by atomic mass is 9.75. The first-order valence-corrected chi connectivity index (χ1v) is 7.51. The molecule has 0 heterocycles. The maximum Gasteiger partial charge on any atom is 0.0693 e. The molecule has 0 aromatic carbocycles. The van der Waals surface area contributed by atoms with E-state index >= 15 is 0 Å². The Kier molecular flexibility index (Phi) is 4.48. The molecule has 0 aliphatic heterocycles. The third-order valence-electron chi connectivity index (χ3n) is 4.77. The van der Waals surface area contributed by atoms with E-state index in [2.05, 4.69) is 19.2 Å². The van der Waals surface area contributed by atoms with Gasteiger partial charge in [0.05, 0.1) is 6.10 Å². The van der Waals surface area contributed by atoms with E-state index in [1.165, 1.54) is 51.4 Å². The molecule has 2 saturated carbocycles. The molecule has 2 rings (SSSR count). The summed E-state index contributed by atoms with van der Waals surface area (Å²) >= 11 is 0. The van der Waals surface area contributed by atoms with E-state index in [4.69, 9.17) is 0 Å². The molecule has 2 nitrogen and oxygen atoms in total. The molecule has 2 atom stereocenters. The summed E-state index contributed by atoms with van der Waals surface area (Å²) in [5, 5.41) is 13.9. The molecule has 0 aromatic heterocycles. The van der Waals surface area contributed by atoms with E-state index in [0.29, 0.717) is 17.5 Å². The summed E-state index contributed by atoms with van der Waals surface area (Å²) in [7, 11) is 0. The second-order valence-electron chi connectivity index (χ2n) is 6.92. The van der Waals surface area contributed by atoms with Crippen molar-refractivity contribution in [1.29, 1.82) is 0 Å². The highest BCUT2D eigenvalue weighted by atomic mass is 16.3. The predicted octanol–water partition coefficient (Wildman–Crippen LogP) is 3.24. The van der Waals surface area contributed by atoms with E-state index in [-0.39, 0.29) is 6.10 Å². The zero-order chi connectivity index (χ0) is 12.3. The highest BCUT2D eigenvalue weighted by molar-refractivity contribution is 4.87. The summed E-state index contributed by atoms with van der Waals surface area (Å²) in [5.74, 6) is 0. The van der Waals surface area contributed by atoms with Gasteiger partial charge in [0.25, 0.3) is 0 Å². The van der Waals surface area contributed by atoms with Crippen LogP contribution < -0.4 is 5.32 Å². The lowest BCUT2D eigenvalue weighted by Crippen LogP contribution is -2.46. The van der Waals surface area contributed by atoms with Gasteiger partial charge in [-0.2, -0.15) is 0 Å². The quantitative estimate of drug-likeness (QED) is 0.725. The number of rotatable bonds is 2. The van der Waals surface area contributed by atoms with Crippen LogP contribution in [0.3, 0.4) is 0 Å². The van der Waals surface area contributed by atoms with Crippen LogP contribution in [0, 0.1) is 5.41 Å².